The van der Waals surface area contributed by atoms with Crippen molar-refractivity contribution >= 4 is 17.5 Å². The van der Waals surface area contributed by atoms with Crippen LogP contribution in [-0.4, -0.2) is 44.0 Å². The predicted octanol–water partition coefficient (Wildman–Crippen LogP) is 3.42. The molecule has 0 aliphatic carbocycles. The Morgan fingerprint density at radius 3 is 2.59 bits per heavy atom. The monoisotopic (exact) mass is 394 g/mol. The summed E-state index contributed by atoms with van der Waals surface area (Å²) in [4.78, 5) is 29.6. The van der Waals surface area contributed by atoms with Crippen LogP contribution in [0.2, 0.25) is 0 Å². The second-order valence-corrected chi connectivity index (χ2v) is 7.54. The second-order valence-electron chi connectivity index (χ2n) is 7.54. The highest BCUT2D eigenvalue weighted by Crippen LogP contribution is 2.40. The minimum Gasteiger partial charge on any atom is -0.497 e. The molecule has 2 atom stereocenters. The second kappa shape index (κ2) is 8.15. The average molecular weight is 394 g/mol. The van der Waals surface area contributed by atoms with Crippen molar-refractivity contribution in [2.45, 2.75) is 25.3 Å². The molecule has 4 rings (SSSR count). The highest BCUT2D eigenvalue weighted by molar-refractivity contribution is 6.00. The average Bonchev–Trinajstić information content (AvgIpc) is 3.40. The number of nitrogens with zero attached hydrogens (tertiary/aromatic N) is 2. The first-order valence-electron chi connectivity index (χ1n) is 10.00. The third kappa shape index (κ3) is 3.67. The van der Waals surface area contributed by atoms with Crippen molar-refractivity contribution in [3.63, 3.8) is 0 Å². The summed E-state index contributed by atoms with van der Waals surface area (Å²) in [6.45, 7) is 1.13. The van der Waals surface area contributed by atoms with Crippen molar-refractivity contribution in [1.82, 2.24) is 4.90 Å². The number of likely N-dealkylation sites (tertiary alicyclic amines) is 1. The Labute approximate surface area is 171 Å². The third-order valence-electron chi connectivity index (χ3n) is 5.87. The first-order valence-corrected chi connectivity index (χ1v) is 10.00. The van der Waals surface area contributed by atoms with Gasteiger partial charge in [0.05, 0.1) is 26.2 Å². The molecular weight excluding hydrogens is 368 g/mol. The molecule has 0 unspecified atom stereocenters. The highest BCUT2D eigenvalue weighted by atomic mass is 16.5. The van der Waals surface area contributed by atoms with Crippen molar-refractivity contribution in [3.8, 4) is 11.5 Å². The van der Waals surface area contributed by atoms with E-state index in [0.29, 0.717) is 13.1 Å². The van der Waals surface area contributed by atoms with Gasteiger partial charge in [0.15, 0.2) is 0 Å². The van der Waals surface area contributed by atoms with E-state index in [2.05, 4.69) is 0 Å². The summed E-state index contributed by atoms with van der Waals surface area (Å²) >= 11 is 0. The molecule has 6 heteroatoms. The van der Waals surface area contributed by atoms with Gasteiger partial charge in [-0.15, -0.1) is 0 Å². The van der Waals surface area contributed by atoms with Gasteiger partial charge in [0.25, 0.3) is 0 Å². The van der Waals surface area contributed by atoms with Crippen molar-refractivity contribution in [1.29, 1.82) is 0 Å². The summed E-state index contributed by atoms with van der Waals surface area (Å²) < 4.78 is 10.9. The van der Waals surface area contributed by atoms with Gasteiger partial charge >= 0.3 is 0 Å². The molecule has 2 fully saturated rings. The number of methoxy groups -OCH3 is 2. The van der Waals surface area contributed by atoms with Gasteiger partial charge in [0.1, 0.15) is 11.5 Å². The van der Waals surface area contributed by atoms with Gasteiger partial charge in [-0.2, -0.15) is 0 Å². The number of carbonyl (C=O) groups excluding carboxylic acids is 2. The lowest BCUT2D eigenvalue weighted by atomic mass is 10.0. The van der Waals surface area contributed by atoms with E-state index in [1.807, 2.05) is 53.4 Å². The number of benzene rings is 2. The zero-order valence-corrected chi connectivity index (χ0v) is 16.8. The minimum absolute atomic E-state index is 0.00394. The molecule has 2 saturated heterocycles. The van der Waals surface area contributed by atoms with Gasteiger partial charge in [0.2, 0.25) is 11.8 Å². The molecule has 0 saturated carbocycles. The molecule has 2 aliphatic rings. The summed E-state index contributed by atoms with van der Waals surface area (Å²) in [5.74, 6) is 1.23. The van der Waals surface area contributed by atoms with Gasteiger partial charge in [-0.05, 0) is 43.2 Å². The summed E-state index contributed by atoms with van der Waals surface area (Å²) in [7, 11) is 3.27. The summed E-state index contributed by atoms with van der Waals surface area (Å²) in [6, 6.07) is 15.2. The number of hydrogen-bond donors (Lipinski definition) is 0. The Morgan fingerprint density at radius 1 is 1.07 bits per heavy atom. The van der Waals surface area contributed by atoms with Crippen LogP contribution in [0.15, 0.2) is 48.5 Å². The number of para-hydroxylation sites is 1. The summed E-state index contributed by atoms with van der Waals surface area (Å²) in [5, 5.41) is 0. The molecule has 2 aliphatic heterocycles. The van der Waals surface area contributed by atoms with E-state index < -0.39 is 0 Å². The largest absolute Gasteiger partial charge is 0.497 e. The van der Waals surface area contributed by atoms with E-state index in [1.54, 1.807) is 19.1 Å². The number of rotatable bonds is 5. The zero-order chi connectivity index (χ0) is 20.4. The standard InChI is InChI=1S/C23H26N2O4/c1-28-18-10-11-21(29-2)19(14-18)20-9-6-12-24(20)23(27)16-13-22(26)25(15-16)17-7-4-3-5-8-17/h3-5,7-8,10-11,14,16,20H,6,9,12-13,15H2,1-2H3/t16-,20+/m1/s1. The smallest absolute Gasteiger partial charge is 0.228 e. The molecular formula is C23H26N2O4. The van der Waals surface area contributed by atoms with Gasteiger partial charge < -0.3 is 19.3 Å². The Hall–Kier alpha value is -3.02. The van der Waals surface area contributed by atoms with E-state index in [1.165, 1.54) is 0 Å². The molecule has 2 aromatic rings. The maximum absolute atomic E-state index is 13.4. The first kappa shape index (κ1) is 19.3. The number of hydrogen-bond acceptors (Lipinski definition) is 4. The molecule has 2 amide bonds. The maximum Gasteiger partial charge on any atom is 0.228 e. The van der Waals surface area contributed by atoms with Crippen molar-refractivity contribution in [2.75, 3.05) is 32.2 Å². The Balaban J connectivity index is 1.55. The molecule has 2 aromatic carbocycles. The number of ether oxygens (including phenoxy) is 2. The summed E-state index contributed by atoms with van der Waals surface area (Å²) in [6.07, 6.45) is 2.06. The maximum atomic E-state index is 13.4. The topological polar surface area (TPSA) is 59.1 Å². The van der Waals surface area contributed by atoms with Crippen LogP contribution in [0, 0.1) is 5.92 Å². The lowest BCUT2D eigenvalue weighted by molar-refractivity contribution is -0.136. The van der Waals surface area contributed by atoms with E-state index in [9.17, 15) is 9.59 Å². The molecule has 152 valence electrons. The fraction of sp³-hybridized carbons (Fsp3) is 0.391. The molecule has 6 nitrogen and oxygen atoms in total. The van der Waals surface area contributed by atoms with E-state index in [0.717, 1.165) is 35.6 Å². The Bertz CT molecular complexity index is 899. The zero-order valence-electron chi connectivity index (χ0n) is 16.8. The third-order valence-corrected chi connectivity index (χ3v) is 5.87. The van der Waals surface area contributed by atoms with Crippen LogP contribution in [-0.2, 0) is 9.59 Å². The molecule has 0 aromatic heterocycles. The SMILES string of the molecule is COc1ccc(OC)c([C@@H]2CCCN2C(=O)[C@@H]2CC(=O)N(c3ccccc3)C2)c1. The van der Waals surface area contributed by atoms with Gasteiger partial charge in [0, 0.05) is 30.8 Å². The lowest BCUT2D eigenvalue weighted by Crippen LogP contribution is -2.37. The molecule has 0 N–H and O–H groups in total. The van der Waals surface area contributed by atoms with E-state index >= 15 is 0 Å². The van der Waals surface area contributed by atoms with Crippen molar-refractivity contribution < 1.29 is 19.1 Å². The molecule has 29 heavy (non-hydrogen) atoms. The van der Waals surface area contributed by atoms with Crippen LogP contribution in [0.3, 0.4) is 0 Å². The van der Waals surface area contributed by atoms with Crippen LogP contribution >= 0.6 is 0 Å². The molecule has 0 radical (unpaired) electrons. The first-order chi connectivity index (χ1) is 14.1. The number of amides is 2. The lowest BCUT2D eigenvalue weighted by Gasteiger charge is -2.29. The fourth-order valence-corrected chi connectivity index (χ4v) is 4.42. The van der Waals surface area contributed by atoms with Crippen molar-refractivity contribution in [3.05, 3.63) is 54.1 Å². The quantitative estimate of drug-likeness (QED) is 0.780. The molecule has 2 heterocycles. The van der Waals surface area contributed by atoms with Crippen molar-refractivity contribution in [2.24, 2.45) is 5.92 Å². The number of carbonyl (C=O) groups is 2. The van der Waals surface area contributed by atoms with Gasteiger partial charge in [-0.1, -0.05) is 18.2 Å². The normalized spacial score (nSPS) is 21.5. The fourth-order valence-electron chi connectivity index (χ4n) is 4.42. The molecule has 0 bridgehead atoms. The number of anilines is 1. The van der Waals surface area contributed by atoms with Crippen LogP contribution < -0.4 is 14.4 Å². The Kier molecular flexibility index (Phi) is 5.43. The van der Waals surface area contributed by atoms with Crippen LogP contribution in [0.4, 0.5) is 5.69 Å². The highest BCUT2D eigenvalue weighted by Gasteiger charge is 2.41. The van der Waals surface area contributed by atoms with Crippen LogP contribution in [0.5, 0.6) is 11.5 Å². The van der Waals surface area contributed by atoms with Gasteiger partial charge in [-0.25, -0.2) is 0 Å². The van der Waals surface area contributed by atoms with Crippen LogP contribution in [0.25, 0.3) is 0 Å². The molecule has 0 spiro atoms. The predicted molar refractivity (Wildman–Crippen MR) is 110 cm³/mol. The summed E-state index contributed by atoms with van der Waals surface area (Å²) in [5.41, 5.74) is 1.81. The minimum atomic E-state index is -0.320. The van der Waals surface area contributed by atoms with Gasteiger partial charge in [-0.3, -0.25) is 9.59 Å². The Morgan fingerprint density at radius 2 is 1.86 bits per heavy atom. The van der Waals surface area contributed by atoms with E-state index in [-0.39, 0.29) is 30.2 Å². The van der Waals surface area contributed by atoms with Crippen LogP contribution in [0.1, 0.15) is 30.9 Å². The van der Waals surface area contributed by atoms with E-state index in [4.69, 9.17) is 9.47 Å².